The molecule has 140 valence electrons. The number of rotatable bonds is 9. The molecule has 1 aliphatic carbocycles. The van der Waals surface area contributed by atoms with Gasteiger partial charge in [0.25, 0.3) is 0 Å². The van der Waals surface area contributed by atoms with E-state index in [1.54, 1.807) is 0 Å². The molecule has 0 saturated heterocycles. The minimum Gasteiger partial charge on any atom is -0.0654 e. The molecule has 0 heterocycles. The third-order valence-electron chi connectivity index (χ3n) is 6.02. The van der Waals surface area contributed by atoms with Crippen molar-refractivity contribution in [3.05, 3.63) is 57.6 Å². The van der Waals surface area contributed by atoms with E-state index in [2.05, 4.69) is 73.1 Å². The SMILES string of the molecule is CCCCCCCCCCc1ccc2c(c1)C(C)(C)c1cc(Br)ccc1-2. The molecule has 0 radical (unpaired) electrons. The van der Waals surface area contributed by atoms with Crippen LogP contribution in [0.3, 0.4) is 0 Å². The van der Waals surface area contributed by atoms with Gasteiger partial charge >= 0.3 is 0 Å². The van der Waals surface area contributed by atoms with Gasteiger partial charge in [-0.05, 0) is 52.8 Å². The molecule has 26 heavy (non-hydrogen) atoms. The van der Waals surface area contributed by atoms with Gasteiger partial charge in [0, 0.05) is 9.89 Å². The maximum Gasteiger partial charge on any atom is 0.0178 e. The maximum atomic E-state index is 3.64. The molecule has 0 aromatic heterocycles. The lowest BCUT2D eigenvalue weighted by Gasteiger charge is -2.22. The van der Waals surface area contributed by atoms with Crippen LogP contribution in [0, 0.1) is 0 Å². The summed E-state index contributed by atoms with van der Waals surface area (Å²) in [6.45, 7) is 7.02. The molecule has 1 aliphatic rings. The van der Waals surface area contributed by atoms with Crippen LogP contribution in [0.4, 0.5) is 0 Å². The molecule has 0 N–H and O–H groups in total. The highest BCUT2D eigenvalue weighted by Gasteiger charge is 2.35. The monoisotopic (exact) mass is 412 g/mol. The van der Waals surface area contributed by atoms with Crippen LogP contribution in [0.2, 0.25) is 0 Å². The fourth-order valence-corrected chi connectivity index (χ4v) is 4.74. The Labute approximate surface area is 168 Å². The van der Waals surface area contributed by atoms with Crippen LogP contribution in [-0.2, 0) is 11.8 Å². The van der Waals surface area contributed by atoms with Crippen LogP contribution in [0.25, 0.3) is 11.1 Å². The van der Waals surface area contributed by atoms with Crippen molar-refractivity contribution in [2.24, 2.45) is 0 Å². The van der Waals surface area contributed by atoms with Crippen molar-refractivity contribution in [3.8, 4) is 11.1 Å². The number of hydrogen-bond acceptors (Lipinski definition) is 0. The summed E-state index contributed by atoms with van der Waals surface area (Å²) in [4.78, 5) is 0. The van der Waals surface area contributed by atoms with Gasteiger partial charge in [0.2, 0.25) is 0 Å². The van der Waals surface area contributed by atoms with Crippen LogP contribution >= 0.6 is 15.9 Å². The Morgan fingerprint density at radius 2 is 1.31 bits per heavy atom. The Kier molecular flexibility index (Phi) is 6.61. The molecule has 3 rings (SSSR count). The lowest BCUT2D eigenvalue weighted by Crippen LogP contribution is -2.15. The summed E-state index contributed by atoms with van der Waals surface area (Å²) in [6.07, 6.45) is 12.3. The first-order chi connectivity index (χ1) is 12.5. The second-order valence-electron chi connectivity index (χ2n) is 8.42. The van der Waals surface area contributed by atoms with Crippen molar-refractivity contribution in [1.82, 2.24) is 0 Å². The molecule has 0 amide bonds. The lowest BCUT2D eigenvalue weighted by atomic mass is 9.82. The largest absolute Gasteiger partial charge is 0.0654 e. The van der Waals surface area contributed by atoms with E-state index < -0.39 is 0 Å². The molecule has 2 aromatic rings. The fraction of sp³-hybridized carbons (Fsp3) is 0.520. The number of fused-ring (bicyclic) bond motifs is 3. The van der Waals surface area contributed by atoms with E-state index in [4.69, 9.17) is 0 Å². The highest BCUT2D eigenvalue weighted by molar-refractivity contribution is 9.10. The molecule has 0 aliphatic heterocycles. The number of halogens is 1. The Bertz CT molecular complexity index is 742. The van der Waals surface area contributed by atoms with Crippen molar-refractivity contribution in [2.75, 3.05) is 0 Å². The van der Waals surface area contributed by atoms with Gasteiger partial charge in [-0.2, -0.15) is 0 Å². The average molecular weight is 413 g/mol. The van der Waals surface area contributed by atoms with Crippen LogP contribution in [-0.4, -0.2) is 0 Å². The minimum atomic E-state index is 0.101. The van der Waals surface area contributed by atoms with Crippen LogP contribution in [0.15, 0.2) is 40.9 Å². The molecule has 0 saturated carbocycles. The van der Waals surface area contributed by atoms with E-state index in [9.17, 15) is 0 Å². The molecule has 0 nitrogen and oxygen atoms in total. The molecular formula is C25H33Br. The summed E-state index contributed by atoms with van der Waals surface area (Å²) in [5.41, 5.74) is 7.40. The number of unbranched alkanes of at least 4 members (excludes halogenated alkanes) is 7. The first-order valence-electron chi connectivity index (χ1n) is 10.5. The van der Waals surface area contributed by atoms with Gasteiger partial charge in [-0.1, -0.05) is 106 Å². The quantitative estimate of drug-likeness (QED) is 0.362. The molecule has 1 heteroatoms. The molecular weight excluding hydrogens is 380 g/mol. The van der Waals surface area contributed by atoms with Gasteiger partial charge in [0.15, 0.2) is 0 Å². The summed E-state index contributed by atoms with van der Waals surface area (Å²) in [6, 6.07) is 13.9. The third kappa shape index (κ3) is 4.25. The van der Waals surface area contributed by atoms with E-state index in [1.807, 2.05) is 0 Å². The topological polar surface area (TPSA) is 0 Å². The van der Waals surface area contributed by atoms with Crippen LogP contribution in [0.1, 0.15) is 88.8 Å². The zero-order chi connectivity index (χ0) is 18.6. The molecule has 0 unspecified atom stereocenters. The van der Waals surface area contributed by atoms with E-state index in [-0.39, 0.29) is 5.41 Å². The number of aryl methyl sites for hydroxylation is 1. The zero-order valence-corrected chi connectivity index (χ0v) is 18.3. The van der Waals surface area contributed by atoms with Gasteiger partial charge < -0.3 is 0 Å². The van der Waals surface area contributed by atoms with Gasteiger partial charge in [0.05, 0.1) is 0 Å². The standard InChI is InChI=1S/C25H33Br/c1-4-5-6-7-8-9-10-11-12-19-13-15-21-22-16-14-20(26)18-24(22)25(2,3)23(21)17-19/h13-18H,4-12H2,1-3H3. The number of benzene rings is 2. The van der Waals surface area contributed by atoms with E-state index in [1.165, 1.54) is 90.1 Å². The van der Waals surface area contributed by atoms with Crippen molar-refractivity contribution in [3.63, 3.8) is 0 Å². The van der Waals surface area contributed by atoms with Gasteiger partial charge in [-0.15, -0.1) is 0 Å². The van der Waals surface area contributed by atoms with Gasteiger partial charge in [-0.3, -0.25) is 0 Å². The second-order valence-corrected chi connectivity index (χ2v) is 9.34. The van der Waals surface area contributed by atoms with E-state index >= 15 is 0 Å². The average Bonchev–Trinajstić information content (AvgIpc) is 2.84. The van der Waals surface area contributed by atoms with E-state index in [0.29, 0.717) is 0 Å². The van der Waals surface area contributed by atoms with Crippen molar-refractivity contribution >= 4 is 15.9 Å². The zero-order valence-electron chi connectivity index (χ0n) is 16.7. The molecule has 0 bridgehead atoms. The Morgan fingerprint density at radius 3 is 2.00 bits per heavy atom. The minimum absolute atomic E-state index is 0.101. The molecule has 0 fully saturated rings. The van der Waals surface area contributed by atoms with Crippen LogP contribution in [0.5, 0.6) is 0 Å². The van der Waals surface area contributed by atoms with E-state index in [0.717, 1.165) is 0 Å². The Hall–Kier alpha value is -1.08. The maximum absolute atomic E-state index is 3.64. The first-order valence-corrected chi connectivity index (χ1v) is 11.3. The molecule has 2 aromatic carbocycles. The Morgan fingerprint density at radius 1 is 0.731 bits per heavy atom. The smallest absolute Gasteiger partial charge is 0.0178 e. The Balaban J connectivity index is 1.59. The number of hydrogen-bond donors (Lipinski definition) is 0. The van der Waals surface area contributed by atoms with Gasteiger partial charge in [0.1, 0.15) is 0 Å². The normalized spacial score (nSPS) is 14.3. The van der Waals surface area contributed by atoms with Crippen LogP contribution < -0.4 is 0 Å². The summed E-state index contributed by atoms with van der Waals surface area (Å²) < 4.78 is 1.18. The van der Waals surface area contributed by atoms with Crippen molar-refractivity contribution in [1.29, 1.82) is 0 Å². The summed E-state index contributed by atoms with van der Waals surface area (Å²) in [7, 11) is 0. The lowest BCUT2D eigenvalue weighted by molar-refractivity contribution is 0.575. The predicted molar refractivity (Wildman–Crippen MR) is 118 cm³/mol. The summed E-state index contributed by atoms with van der Waals surface area (Å²) in [5, 5.41) is 0. The van der Waals surface area contributed by atoms with Crippen molar-refractivity contribution < 1.29 is 0 Å². The molecule has 0 spiro atoms. The highest BCUT2D eigenvalue weighted by atomic mass is 79.9. The molecule has 0 atom stereocenters. The summed E-state index contributed by atoms with van der Waals surface area (Å²) in [5.74, 6) is 0. The van der Waals surface area contributed by atoms with Crippen molar-refractivity contribution in [2.45, 2.75) is 84.0 Å². The summed E-state index contributed by atoms with van der Waals surface area (Å²) >= 11 is 3.64. The van der Waals surface area contributed by atoms with Gasteiger partial charge in [-0.25, -0.2) is 0 Å². The third-order valence-corrected chi connectivity index (χ3v) is 6.51. The highest BCUT2D eigenvalue weighted by Crippen LogP contribution is 2.49. The predicted octanol–water partition coefficient (Wildman–Crippen LogP) is 8.44. The second kappa shape index (κ2) is 8.74. The fourth-order valence-electron chi connectivity index (χ4n) is 4.38. The first kappa shape index (κ1) is 19.7.